The Morgan fingerprint density at radius 1 is 0.968 bits per heavy atom. The zero-order valence-corrected chi connectivity index (χ0v) is 17.9. The summed E-state index contributed by atoms with van der Waals surface area (Å²) >= 11 is 0. The molecule has 0 bridgehead atoms. The van der Waals surface area contributed by atoms with Gasteiger partial charge in [-0.25, -0.2) is 13.1 Å². The highest BCUT2D eigenvalue weighted by atomic mass is 32.2. The Morgan fingerprint density at radius 3 is 2.29 bits per heavy atom. The minimum atomic E-state index is -4.12. The first-order valence-electron chi connectivity index (χ1n) is 9.61. The van der Waals surface area contributed by atoms with Crippen LogP contribution in [0, 0.1) is 5.92 Å². The second-order valence-electron chi connectivity index (χ2n) is 7.10. The zero-order chi connectivity index (χ0) is 22.4. The molecule has 7 nitrogen and oxygen atoms in total. The number of nitrogens with zero attached hydrogens (tertiary/aromatic N) is 1. The summed E-state index contributed by atoms with van der Waals surface area (Å²) in [4.78, 5) is 28.1. The van der Waals surface area contributed by atoms with Gasteiger partial charge in [0, 0.05) is 11.8 Å². The predicted octanol–water partition coefficient (Wildman–Crippen LogP) is 3.57. The van der Waals surface area contributed by atoms with Crippen molar-refractivity contribution in [2.24, 2.45) is 5.92 Å². The number of aromatic nitrogens is 1. The first-order valence-corrected chi connectivity index (χ1v) is 11.1. The molecule has 0 aliphatic heterocycles. The monoisotopic (exact) mass is 438 g/mol. The van der Waals surface area contributed by atoms with Gasteiger partial charge >= 0.3 is 5.97 Å². The molecule has 0 fully saturated rings. The van der Waals surface area contributed by atoms with E-state index in [0.29, 0.717) is 11.3 Å². The number of pyridine rings is 1. The van der Waals surface area contributed by atoms with Crippen LogP contribution in [0.15, 0.2) is 77.8 Å². The van der Waals surface area contributed by atoms with Crippen molar-refractivity contribution in [3.63, 3.8) is 0 Å². The molecule has 31 heavy (non-hydrogen) atoms. The number of carbonyl (C=O) groups is 2. The van der Waals surface area contributed by atoms with Gasteiger partial charge in [-0.2, -0.15) is 0 Å². The Morgan fingerprint density at radius 2 is 1.65 bits per heavy atom. The average Bonchev–Trinajstić information content (AvgIpc) is 2.78. The molecule has 0 aliphatic carbocycles. The number of benzene rings is 2. The van der Waals surface area contributed by atoms with Gasteiger partial charge in [0.05, 0.1) is 22.1 Å². The quantitative estimate of drug-likeness (QED) is 0.566. The van der Waals surface area contributed by atoms with Crippen LogP contribution in [-0.2, 0) is 26.2 Å². The van der Waals surface area contributed by atoms with E-state index in [1.54, 1.807) is 44.2 Å². The third-order valence-electron chi connectivity index (χ3n) is 4.41. The SMILES string of the molecule is CC(C)C(=O)OCc1ccc(C(=O)NS(=O)(=O)c2ccccc2-c2ccccc2)cn1. The molecule has 1 aromatic heterocycles. The van der Waals surface area contributed by atoms with E-state index in [9.17, 15) is 18.0 Å². The predicted molar refractivity (Wildman–Crippen MR) is 115 cm³/mol. The molecule has 8 heteroatoms. The van der Waals surface area contributed by atoms with E-state index in [1.165, 1.54) is 24.4 Å². The number of sulfonamides is 1. The van der Waals surface area contributed by atoms with Crippen LogP contribution in [0.3, 0.4) is 0 Å². The van der Waals surface area contributed by atoms with E-state index in [-0.39, 0.29) is 29.0 Å². The second-order valence-corrected chi connectivity index (χ2v) is 8.75. The molecule has 1 N–H and O–H groups in total. The Bertz CT molecular complexity index is 1170. The fourth-order valence-electron chi connectivity index (χ4n) is 2.75. The molecule has 0 atom stereocenters. The van der Waals surface area contributed by atoms with E-state index in [2.05, 4.69) is 9.71 Å². The third-order valence-corrected chi connectivity index (χ3v) is 5.80. The number of rotatable bonds is 7. The van der Waals surface area contributed by atoms with Crippen molar-refractivity contribution in [1.29, 1.82) is 0 Å². The number of esters is 1. The van der Waals surface area contributed by atoms with E-state index < -0.39 is 15.9 Å². The van der Waals surface area contributed by atoms with Crippen molar-refractivity contribution < 1.29 is 22.7 Å². The largest absolute Gasteiger partial charge is 0.459 e. The summed E-state index contributed by atoms with van der Waals surface area (Å²) in [6.45, 7) is 3.42. The van der Waals surface area contributed by atoms with Crippen molar-refractivity contribution in [1.82, 2.24) is 9.71 Å². The van der Waals surface area contributed by atoms with Crippen LogP contribution in [-0.4, -0.2) is 25.3 Å². The maximum Gasteiger partial charge on any atom is 0.308 e. The maximum absolute atomic E-state index is 12.9. The molecule has 0 unspecified atom stereocenters. The van der Waals surface area contributed by atoms with Crippen LogP contribution in [0.2, 0.25) is 0 Å². The molecular weight excluding hydrogens is 416 g/mol. The van der Waals surface area contributed by atoms with Gasteiger partial charge < -0.3 is 4.74 Å². The summed E-state index contributed by atoms with van der Waals surface area (Å²) in [6, 6.07) is 18.4. The lowest BCUT2D eigenvalue weighted by Crippen LogP contribution is -2.31. The van der Waals surface area contributed by atoms with Crippen LogP contribution in [0.5, 0.6) is 0 Å². The zero-order valence-electron chi connectivity index (χ0n) is 17.1. The molecule has 3 rings (SSSR count). The van der Waals surface area contributed by atoms with Gasteiger partial charge in [-0.1, -0.05) is 62.4 Å². The van der Waals surface area contributed by atoms with Crippen LogP contribution in [0.25, 0.3) is 11.1 Å². The summed E-state index contributed by atoms with van der Waals surface area (Å²) in [6.07, 6.45) is 1.24. The smallest absolute Gasteiger partial charge is 0.308 e. The Kier molecular flexibility index (Phi) is 6.81. The fourth-order valence-corrected chi connectivity index (χ4v) is 3.95. The summed E-state index contributed by atoms with van der Waals surface area (Å²) in [7, 11) is -4.12. The normalized spacial score (nSPS) is 11.2. The van der Waals surface area contributed by atoms with Crippen LogP contribution in [0.1, 0.15) is 29.9 Å². The third kappa shape index (κ3) is 5.55. The highest BCUT2D eigenvalue weighted by Crippen LogP contribution is 2.27. The molecular formula is C23H22N2O5S. The first kappa shape index (κ1) is 22.2. The first-order chi connectivity index (χ1) is 14.8. The van der Waals surface area contributed by atoms with Crippen molar-refractivity contribution in [2.45, 2.75) is 25.3 Å². The number of hydrogen-bond acceptors (Lipinski definition) is 6. The molecule has 2 aromatic carbocycles. The van der Waals surface area contributed by atoms with Crippen molar-refractivity contribution in [3.05, 3.63) is 84.2 Å². The van der Waals surface area contributed by atoms with E-state index in [1.807, 2.05) is 18.2 Å². The highest BCUT2D eigenvalue weighted by Gasteiger charge is 2.22. The fraction of sp³-hybridized carbons (Fsp3) is 0.174. The Hall–Kier alpha value is -3.52. The molecule has 1 heterocycles. The van der Waals surface area contributed by atoms with Crippen molar-refractivity contribution in [2.75, 3.05) is 0 Å². The Balaban J connectivity index is 1.76. The summed E-state index contributed by atoms with van der Waals surface area (Å²) in [5.74, 6) is -1.41. The van der Waals surface area contributed by atoms with Gasteiger partial charge in [0.2, 0.25) is 0 Å². The molecule has 0 aliphatic rings. The molecule has 160 valence electrons. The lowest BCUT2D eigenvalue weighted by atomic mass is 10.1. The van der Waals surface area contributed by atoms with Gasteiger partial charge in [0.15, 0.2) is 0 Å². The lowest BCUT2D eigenvalue weighted by Gasteiger charge is -2.12. The topological polar surface area (TPSA) is 102 Å². The van der Waals surface area contributed by atoms with Gasteiger partial charge in [-0.05, 0) is 23.8 Å². The lowest BCUT2D eigenvalue weighted by molar-refractivity contribution is -0.148. The number of ether oxygens (including phenoxy) is 1. The standard InChI is InChI=1S/C23H22N2O5S/c1-16(2)23(27)30-15-19-13-12-18(14-24-19)22(26)25-31(28,29)21-11-7-6-10-20(21)17-8-4-3-5-9-17/h3-14,16H,15H2,1-2H3,(H,25,26). The molecule has 1 amide bonds. The van der Waals surface area contributed by atoms with Crippen LogP contribution < -0.4 is 4.72 Å². The van der Waals surface area contributed by atoms with Gasteiger partial charge in [0.1, 0.15) is 6.61 Å². The summed E-state index contributed by atoms with van der Waals surface area (Å²) in [5.41, 5.74) is 1.73. The number of carbonyl (C=O) groups excluding carboxylic acids is 2. The highest BCUT2D eigenvalue weighted by molar-refractivity contribution is 7.90. The second kappa shape index (κ2) is 9.53. The minimum Gasteiger partial charge on any atom is -0.459 e. The molecule has 0 saturated heterocycles. The number of amides is 1. The van der Waals surface area contributed by atoms with Crippen molar-refractivity contribution in [3.8, 4) is 11.1 Å². The number of nitrogens with one attached hydrogen (secondary N) is 1. The average molecular weight is 439 g/mol. The molecule has 0 spiro atoms. The molecule has 0 radical (unpaired) electrons. The molecule has 3 aromatic rings. The van der Waals surface area contributed by atoms with E-state index in [0.717, 1.165) is 5.56 Å². The molecule has 0 saturated carbocycles. The minimum absolute atomic E-state index is 0.000253. The Labute approximate surface area is 181 Å². The van der Waals surface area contributed by atoms with E-state index in [4.69, 9.17) is 4.74 Å². The van der Waals surface area contributed by atoms with E-state index >= 15 is 0 Å². The van der Waals surface area contributed by atoms with Gasteiger partial charge in [0.25, 0.3) is 15.9 Å². The van der Waals surface area contributed by atoms with Crippen molar-refractivity contribution >= 4 is 21.9 Å². The summed E-state index contributed by atoms with van der Waals surface area (Å²) in [5, 5.41) is 0. The van der Waals surface area contributed by atoms with Gasteiger partial charge in [-0.3, -0.25) is 14.6 Å². The van der Waals surface area contributed by atoms with Crippen LogP contribution in [0.4, 0.5) is 0 Å². The number of hydrogen-bond donors (Lipinski definition) is 1. The maximum atomic E-state index is 12.9. The van der Waals surface area contributed by atoms with Gasteiger partial charge in [-0.15, -0.1) is 0 Å². The summed E-state index contributed by atoms with van der Waals surface area (Å²) < 4.78 is 33.0. The van der Waals surface area contributed by atoms with Crippen LogP contribution >= 0.6 is 0 Å².